The molecular weight excluding hydrogens is 396 g/mol. The number of nitrogens with one attached hydrogen (secondary N) is 2. The van der Waals surface area contributed by atoms with E-state index in [9.17, 15) is 9.59 Å². The van der Waals surface area contributed by atoms with Crippen LogP contribution in [0.3, 0.4) is 0 Å². The predicted octanol–water partition coefficient (Wildman–Crippen LogP) is 4.24. The maximum atomic E-state index is 12.9. The monoisotopic (exact) mass is 424 g/mol. The highest BCUT2D eigenvalue weighted by molar-refractivity contribution is 5.95. The summed E-state index contributed by atoms with van der Waals surface area (Å²) in [5.74, 6) is 0.611. The first-order chi connectivity index (χ1) is 14.9. The van der Waals surface area contributed by atoms with Crippen LogP contribution >= 0.6 is 0 Å². The normalized spacial score (nSPS) is 16.8. The van der Waals surface area contributed by atoms with Crippen LogP contribution in [-0.4, -0.2) is 25.2 Å². The fourth-order valence-electron chi connectivity index (χ4n) is 3.26. The van der Waals surface area contributed by atoms with Gasteiger partial charge in [0, 0.05) is 5.70 Å². The molecule has 2 aromatic carbocycles. The lowest BCUT2D eigenvalue weighted by atomic mass is 9.95. The molecule has 2 amide bonds. The summed E-state index contributed by atoms with van der Waals surface area (Å²) in [6.45, 7) is 5.82. The van der Waals surface area contributed by atoms with Gasteiger partial charge in [-0.1, -0.05) is 43.3 Å². The summed E-state index contributed by atoms with van der Waals surface area (Å²) in [4.78, 5) is 25.0. The highest BCUT2D eigenvalue weighted by Crippen LogP contribution is 2.35. The van der Waals surface area contributed by atoms with Gasteiger partial charge in [0.1, 0.15) is 6.61 Å². The summed E-state index contributed by atoms with van der Waals surface area (Å²) in [7, 11) is 1.57. The Bertz CT molecular complexity index is 971. The molecule has 164 valence electrons. The van der Waals surface area contributed by atoms with Gasteiger partial charge >= 0.3 is 12.0 Å². The van der Waals surface area contributed by atoms with Crippen LogP contribution in [0.1, 0.15) is 44.4 Å². The molecule has 0 bridgehead atoms. The van der Waals surface area contributed by atoms with Crippen LogP contribution in [-0.2, 0) is 16.1 Å². The van der Waals surface area contributed by atoms with E-state index >= 15 is 0 Å². The third-order valence-electron chi connectivity index (χ3n) is 5.13. The number of urea groups is 1. The zero-order valence-electron chi connectivity index (χ0n) is 18.2. The maximum Gasteiger partial charge on any atom is 0.338 e. The largest absolute Gasteiger partial charge is 0.493 e. The lowest BCUT2D eigenvalue weighted by molar-refractivity contribution is -0.144. The molecule has 2 N–H and O–H groups in total. The zero-order chi connectivity index (χ0) is 22.4. The lowest BCUT2D eigenvalue weighted by Crippen LogP contribution is -2.45. The Morgan fingerprint density at radius 1 is 1.13 bits per heavy atom. The molecule has 31 heavy (non-hydrogen) atoms. The number of methoxy groups -OCH3 is 1. The first-order valence-corrected chi connectivity index (χ1v) is 10.3. The van der Waals surface area contributed by atoms with Crippen molar-refractivity contribution in [3.8, 4) is 11.5 Å². The second-order valence-corrected chi connectivity index (χ2v) is 7.38. The van der Waals surface area contributed by atoms with E-state index in [0.717, 1.165) is 5.56 Å². The van der Waals surface area contributed by atoms with Crippen molar-refractivity contribution in [3.05, 3.63) is 70.9 Å². The molecule has 1 aliphatic heterocycles. The molecule has 0 aliphatic carbocycles. The number of hydrogen-bond donors (Lipinski definition) is 2. The molecule has 0 unspecified atom stereocenters. The molecule has 2 atom stereocenters. The molecule has 0 saturated carbocycles. The highest BCUT2D eigenvalue weighted by atomic mass is 16.5. The van der Waals surface area contributed by atoms with E-state index in [0.29, 0.717) is 41.4 Å². The lowest BCUT2D eigenvalue weighted by Gasteiger charge is -2.29. The third-order valence-corrected chi connectivity index (χ3v) is 5.13. The summed E-state index contributed by atoms with van der Waals surface area (Å²) in [6.07, 6.45) is 0.467. The Balaban J connectivity index is 1.92. The Labute approximate surface area is 182 Å². The predicted molar refractivity (Wildman–Crippen MR) is 117 cm³/mol. The highest BCUT2D eigenvalue weighted by Gasteiger charge is 2.33. The van der Waals surface area contributed by atoms with E-state index in [1.54, 1.807) is 32.2 Å². The number of rotatable bonds is 8. The van der Waals surface area contributed by atoms with Crippen molar-refractivity contribution in [2.24, 2.45) is 0 Å². The molecule has 2 aromatic rings. The number of benzene rings is 2. The Hall–Kier alpha value is -3.48. The first-order valence-electron chi connectivity index (χ1n) is 10.3. The average Bonchev–Trinajstić information content (AvgIpc) is 2.77. The fraction of sp³-hybridized carbons (Fsp3) is 0.333. The topological polar surface area (TPSA) is 85.9 Å². The van der Waals surface area contributed by atoms with Crippen molar-refractivity contribution in [2.45, 2.75) is 45.9 Å². The number of amides is 2. The summed E-state index contributed by atoms with van der Waals surface area (Å²) in [6, 6.07) is 14.1. The fourth-order valence-corrected chi connectivity index (χ4v) is 3.26. The number of allylic oxidation sites excluding steroid dienone is 1. The summed E-state index contributed by atoms with van der Waals surface area (Å²) in [5, 5.41) is 5.48. The van der Waals surface area contributed by atoms with Crippen LogP contribution < -0.4 is 20.1 Å². The molecule has 1 aliphatic rings. The van der Waals surface area contributed by atoms with E-state index in [1.165, 1.54) is 0 Å². The number of carbonyl (C=O) groups is 2. The standard InChI is InChI=1S/C24H28N2O5/c1-5-15(2)31-23(27)21-16(3)25-24(28)26-22(21)18-11-12-19(29-4)20(13-18)30-14-17-9-7-6-8-10-17/h6-13,15,22H,5,14H2,1-4H3,(H2,25,26,28)/t15-,22-/m1/s1. The van der Waals surface area contributed by atoms with Gasteiger partial charge in [0.05, 0.1) is 24.8 Å². The number of hydrogen-bond acceptors (Lipinski definition) is 5. The second-order valence-electron chi connectivity index (χ2n) is 7.38. The quantitative estimate of drug-likeness (QED) is 0.619. The number of ether oxygens (including phenoxy) is 3. The summed E-state index contributed by atoms with van der Waals surface area (Å²) in [5.41, 5.74) is 2.52. The first kappa shape index (κ1) is 22.2. The van der Waals surface area contributed by atoms with Gasteiger partial charge in [-0.05, 0) is 43.5 Å². The maximum absolute atomic E-state index is 12.9. The molecule has 0 radical (unpaired) electrons. The smallest absolute Gasteiger partial charge is 0.338 e. The summed E-state index contributed by atoms with van der Waals surface area (Å²) < 4.78 is 17.0. The minimum absolute atomic E-state index is 0.230. The summed E-state index contributed by atoms with van der Waals surface area (Å²) >= 11 is 0. The molecule has 0 spiro atoms. The molecule has 0 fully saturated rings. The van der Waals surface area contributed by atoms with Crippen molar-refractivity contribution >= 4 is 12.0 Å². The van der Waals surface area contributed by atoms with Gasteiger partial charge < -0.3 is 24.8 Å². The number of esters is 1. The van der Waals surface area contributed by atoms with E-state index in [4.69, 9.17) is 14.2 Å². The SMILES string of the molecule is CC[C@@H](C)OC(=O)C1=C(C)NC(=O)N[C@@H]1c1ccc(OC)c(OCc2ccccc2)c1. The van der Waals surface area contributed by atoms with Crippen molar-refractivity contribution in [2.75, 3.05) is 7.11 Å². The van der Waals surface area contributed by atoms with Crippen LogP contribution in [0.4, 0.5) is 4.79 Å². The third kappa shape index (κ3) is 5.36. The number of carbonyl (C=O) groups excluding carboxylic acids is 2. The minimum atomic E-state index is -0.671. The van der Waals surface area contributed by atoms with Crippen molar-refractivity contribution in [1.29, 1.82) is 0 Å². The average molecular weight is 424 g/mol. The molecule has 7 nitrogen and oxygen atoms in total. The molecule has 0 saturated heterocycles. The van der Waals surface area contributed by atoms with E-state index in [-0.39, 0.29) is 12.1 Å². The van der Waals surface area contributed by atoms with Crippen LogP contribution in [0.2, 0.25) is 0 Å². The van der Waals surface area contributed by atoms with E-state index in [1.807, 2.05) is 44.2 Å². The minimum Gasteiger partial charge on any atom is -0.493 e. The van der Waals surface area contributed by atoms with Gasteiger partial charge in [0.2, 0.25) is 0 Å². The van der Waals surface area contributed by atoms with Crippen molar-refractivity contribution < 1.29 is 23.8 Å². The van der Waals surface area contributed by atoms with Crippen LogP contribution in [0, 0.1) is 0 Å². The molecule has 1 heterocycles. The van der Waals surface area contributed by atoms with Crippen molar-refractivity contribution in [3.63, 3.8) is 0 Å². The van der Waals surface area contributed by atoms with Gasteiger partial charge in [0.25, 0.3) is 0 Å². The second kappa shape index (κ2) is 10.0. The van der Waals surface area contributed by atoms with Crippen molar-refractivity contribution in [1.82, 2.24) is 10.6 Å². The van der Waals surface area contributed by atoms with Gasteiger partial charge in [0.15, 0.2) is 11.5 Å². The molecule has 7 heteroatoms. The van der Waals surface area contributed by atoms with Gasteiger partial charge in [-0.25, -0.2) is 9.59 Å². The van der Waals surface area contributed by atoms with Gasteiger partial charge in [-0.2, -0.15) is 0 Å². The Morgan fingerprint density at radius 3 is 2.55 bits per heavy atom. The van der Waals surface area contributed by atoms with Crippen LogP contribution in [0.15, 0.2) is 59.8 Å². The molecular formula is C24H28N2O5. The van der Waals surface area contributed by atoms with Gasteiger partial charge in [-0.15, -0.1) is 0 Å². The van der Waals surface area contributed by atoms with Gasteiger partial charge in [-0.3, -0.25) is 0 Å². The van der Waals surface area contributed by atoms with E-state index < -0.39 is 12.0 Å². The Morgan fingerprint density at radius 2 is 1.87 bits per heavy atom. The molecule has 3 rings (SSSR count). The Kier molecular flexibility index (Phi) is 7.18. The van der Waals surface area contributed by atoms with Crippen LogP contribution in [0.5, 0.6) is 11.5 Å². The van der Waals surface area contributed by atoms with E-state index in [2.05, 4.69) is 10.6 Å². The zero-order valence-corrected chi connectivity index (χ0v) is 18.2. The molecule has 0 aromatic heterocycles. The van der Waals surface area contributed by atoms with Crippen LogP contribution in [0.25, 0.3) is 0 Å².